The highest BCUT2D eigenvalue weighted by atomic mass is 127. The zero-order valence-electron chi connectivity index (χ0n) is 17.7. The fourth-order valence-corrected chi connectivity index (χ4v) is 4.05. The fraction of sp³-hybridized carbons (Fsp3) is 0.304. The molecule has 0 bridgehead atoms. The lowest BCUT2D eigenvalue weighted by Crippen LogP contribution is -2.39. The summed E-state index contributed by atoms with van der Waals surface area (Å²) in [6, 6.07) is 17.6. The van der Waals surface area contributed by atoms with Gasteiger partial charge in [-0.05, 0) is 49.1 Å². The van der Waals surface area contributed by atoms with Crippen molar-refractivity contribution in [2.45, 2.75) is 26.5 Å². The van der Waals surface area contributed by atoms with Crippen LogP contribution in [0.25, 0.3) is 10.1 Å². The Morgan fingerprint density at radius 1 is 1.03 bits per heavy atom. The molecule has 8 heteroatoms. The molecular weight excluding hydrogens is 523 g/mol. The first-order valence-electron chi connectivity index (χ1n) is 10.2. The maximum atomic E-state index is 11.8. The number of amides is 1. The summed E-state index contributed by atoms with van der Waals surface area (Å²) in [5.41, 5.74) is 1.64. The van der Waals surface area contributed by atoms with E-state index in [0.717, 1.165) is 22.4 Å². The first kappa shape index (κ1) is 25.1. The maximum Gasteiger partial charge on any atom is 0.251 e. The highest BCUT2D eigenvalue weighted by Crippen LogP contribution is 2.29. The van der Waals surface area contributed by atoms with Crippen molar-refractivity contribution in [2.75, 3.05) is 19.6 Å². The third-order valence-corrected chi connectivity index (χ3v) is 5.77. The summed E-state index contributed by atoms with van der Waals surface area (Å²) in [6.07, 6.45) is -0.609. The zero-order chi connectivity index (χ0) is 21.3. The van der Waals surface area contributed by atoms with Gasteiger partial charge in [-0.25, -0.2) is 4.99 Å². The van der Waals surface area contributed by atoms with Crippen molar-refractivity contribution in [3.8, 4) is 0 Å². The van der Waals surface area contributed by atoms with Crippen LogP contribution in [0.1, 0.15) is 40.8 Å². The number of halogens is 1. The molecule has 1 aromatic heterocycles. The molecule has 0 fully saturated rings. The number of guanidine groups is 1. The van der Waals surface area contributed by atoms with E-state index in [0.29, 0.717) is 31.2 Å². The largest absolute Gasteiger partial charge is 0.386 e. The topological polar surface area (TPSA) is 85.8 Å². The van der Waals surface area contributed by atoms with Crippen molar-refractivity contribution >= 4 is 57.3 Å². The molecule has 0 radical (unpaired) electrons. The van der Waals surface area contributed by atoms with Crippen LogP contribution in [0.15, 0.2) is 59.6 Å². The number of aliphatic hydroxyl groups excluding tert-OH is 1. The second kappa shape index (κ2) is 12.6. The van der Waals surface area contributed by atoms with Gasteiger partial charge in [-0.1, -0.05) is 30.3 Å². The summed E-state index contributed by atoms with van der Waals surface area (Å²) >= 11 is 1.60. The Kier molecular flexibility index (Phi) is 10.2. The Morgan fingerprint density at radius 3 is 2.42 bits per heavy atom. The van der Waals surface area contributed by atoms with E-state index in [-0.39, 0.29) is 29.9 Å². The van der Waals surface area contributed by atoms with Gasteiger partial charge < -0.3 is 21.1 Å². The molecule has 166 valence electrons. The molecule has 31 heavy (non-hydrogen) atoms. The van der Waals surface area contributed by atoms with Crippen molar-refractivity contribution in [3.63, 3.8) is 0 Å². The Bertz CT molecular complexity index is 971. The smallest absolute Gasteiger partial charge is 0.251 e. The van der Waals surface area contributed by atoms with E-state index in [1.165, 1.54) is 4.70 Å². The molecule has 3 rings (SSSR count). The highest BCUT2D eigenvalue weighted by Gasteiger charge is 2.12. The summed E-state index contributed by atoms with van der Waals surface area (Å²) in [4.78, 5) is 17.4. The van der Waals surface area contributed by atoms with Gasteiger partial charge in [0, 0.05) is 34.8 Å². The van der Waals surface area contributed by atoms with Crippen LogP contribution in [0.3, 0.4) is 0 Å². The number of carbonyl (C=O) groups is 1. The van der Waals surface area contributed by atoms with Crippen LogP contribution < -0.4 is 16.0 Å². The van der Waals surface area contributed by atoms with Crippen LogP contribution in [0, 0.1) is 0 Å². The summed E-state index contributed by atoms with van der Waals surface area (Å²) in [6.45, 7) is 6.07. The van der Waals surface area contributed by atoms with E-state index in [2.05, 4.69) is 33.1 Å². The molecular formula is C23H29IN4O2S. The fourth-order valence-electron chi connectivity index (χ4n) is 3.00. The first-order chi connectivity index (χ1) is 14.6. The lowest BCUT2D eigenvalue weighted by atomic mass is 10.1. The van der Waals surface area contributed by atoms with Gasteiger partial charge in [0.15, 0.2) is 5.96 Å². The number of thiophene rings is 1. The van der Waals surface area contributed by atoms with E-state index in [4.69, 9.17) is 0 Å². The number of carbonyl (C=O) groups excluding carboxylic acids is 1. The summed E-state index contributed by atoms with van der Waals surface area (Å²) < 4.78 is 1.17. The lowest BCUT2D eigenvalue weighted by molar-refractivity contribution is 0.0956. The van der Waals surface area contributed by atoms with Gasteiger partial charge in [0.2, 0.25) is 0 Å². The molecule has 1 heterocycles. The number of nitrogens with one attached hydrogen (secondary N) is 3. The van der Waals surface area contributed by atoms with Crippen LogP contribution in [0.4, 0.5) is 0 Å². The number of hydrogen-bond donors (Lipinski definition) is 4. The maximum absolute atomic E-state index is 11.8. The zero-order valence-corrected chi connectivity index (χ0v) is 20.9. The monoisotopic (exact) mass is 552 g/mol. The van der Waals surface area contributed by atoms with Crippen molar-refractivity contribution in [2.24, 2.45) is 4.99 Å². The van der Waals surface area contributed by atoms with Crippen molar-refractivity contribution in [3.05, 3.63) is 70.6 Å². The minimum atomic E-state index is -0.609. The third-order valence-electron chi connectivity index (χ3n) is 4.55. The van der Waals surface area contributed by atoms with E-state index >= 15 is 0 Å². The van der Waals surface area contributed by atoms with Gasteiger partial charge in [-0.15, -0.1) is 35.3 Å². The standard InChI is InChI=1S/C23H28N4O2S.HI/c1-3-24-22(29)17-11-9-16(10-12-17)14-26-23(25-4-2)27-15-19(28)21-13-18-7-5-6-8-20(18)30-21;/h5-13,19,28H,3-4,14-15H2,1-2H3,(H,24,29)(H2,25,26,27);1H. The molecule has 0 aliphatic heterocycles. The van der Waals surface area contributed by atoms with Gasteiger partial charge >= 0.3 is 0 Å². The Morgan fingerprint density at radius 2 is 1.74 bits per heavy atom. The number of rotatable bonds is 8. The molecule has 4 N–H and O–H groups in total. The summed E-state index contributed by atoms with van der Waals surface area (Å²) in [5, 5.41) is 20.9. The Hall–Kier alpha value is -2.17. The normalized spacial score (nSPS) is 12.2. The molecule has 0 spiro atoms. The van der Waals surface area contributed by atoms with Crippen molar-refractivity contribution in [1.82, 2.24) is 16.0 Å². The van der Waals surface area contributed by atoms with E-state index in [1.54, 1.807) is 23.5 Å². The number of aliphatic hydroxyl groups is 1. The van der Waals surface area contributed by atoms with Crippen LogP contribution in [0.5, 0.6) is 0 Å². The second-order valence-corrected chi connectivity index (χ2v) is 7.95. The molecule has 0 saturated heterocycles. The second-order valence-electron chi connectivity index (χ2n) is 6.83. The predicted molar refractivity (Wildman–Crippen MR) is 139 cm³/mol. The average Bonchev–Trinajstić information content (AvgIpc) is 3.20. The first-order valence-corrected chi connectivity index (χ1v) is 11.0. The van der Waals surface area contributed by atoms with Gasteiger partial charge in [-0.3, -0.25) is 4.79 Å². The van der Waals surface area contributed by atoms with Crippen molar-refractivity contribution < 1.29 is 9.90 Å². The number of aliphatic imine (C=N–C) groups is 1. The number of benzene rings is 2. The van der Waals surface area contributed by atoms with E-state index in [9.17, 15) is 9.90 Å². The molecule has 6 nitrogen and oxygen atoms in total. The highest BCUT2D eigenvalue weighted by molar-refractivity contribution is 14.0. The molecule has 0 saturated carbocycles. The number of nitrogens with zero attached hydrogens (tertiary/aromatic N) is 1. The van der Waals surface area contributed by atoms with E-state index in [1.807, 2.05) is 44.2 Å². The molecule has 1 amide bonds. The summed E-state index contributed by atoms with van der Waals surface area (Å²) in [5.74, 6) is 0.572. The molecule has 3 aromatic rings. The van der Waals surface area contributed by atoms with Gasteiger partial charge in [0.05, 0.1) is 6.54 Å². The Balaban J connectivity index is 0.00000341. The van der Waals surface area contributed by atoms with E-state index < -0.39 is 6.10 Å². The molecule has 0 aliphatic rings. The average molecular weight is 552 g/mol. The van der Waals surface area contributed by atoms with Crippen LogP contribution >= 0.6 is 35.3 Å². The molecule has 1 unspecified atom stereocenters. The molecule has 2 aromatic carbocycles. The quantitative estimate of drug-likeness (QED) is 0.193. The van der Waals surface area contributed by atoms with Crippen LogP contribution in [-0.4, -0.2) is 36.6 Å². The summed E-state index contributed by atoms with van der Waals surface area (Å²) in [7, 11) is 0. The SMILES string of the molecule is CCNC(=O)c1ccc(CN=C(NCC)NCC(O)c2cc3ccccc3s2)cc1.I. The predicted octanol–water partition coefficient (Wildman–Crippen LogP) is 4.06. The lowest BCUT2D eigenvalue weighted by Gasteiger charge is -2.14. The third kappa shape index (κ3) is 7.19. The van der Waals surface area contributed by atoms with Gasteiger partial charge in [-0.2, -0.15) is 0 Å². The minimum Gasteiger partial charge on any atom is -0.386 e. The molecule has 1 atom stereocenters. The minimum absolute atomic E-state index is 0. The Labute approximate surface area is 204 Å². The van der Waals surface area contributed by atoms with Gasteiger partial charge in [0.1, 0.15) is 6.10 Å². The van der Waals surface area contributed by atoms with Crippen molar-refractivity contribution in [1.29, 1.82) is 0 Å². The van der Waals surface area contributed by atoms with Crippen LogP contribution in [0.2, 0.25) is 0 Å². The number of fused-ring (bicyclic) bond motifs is 1. The number of hydrogen-bond acceptors (Lipinski definition) is 4. The van der Waals surface area contributed by atoms with Crippen LogP contribution in [-0.2, 0) is 6.54 Å². The molecule has 0 aliphatic carbocycles. The van der Waals surface area contributed by atoms with Gasteiger partial charge in [0.25, 0.3) is 5.91 Å².